The number of benzene rings is 1. The van der Waals surface area contributed by atoms with Gasteiger partial charge in [-0.25, -0.2) is 0 Å². The van der Waals surface area contributed by atoms with E-state index in [1.807, 2.05) is 18.2 Å². The standard InChI is InChI=1S/C14H20BrNO/c1-10(11-5-2-3-6-11)16-9-12-7-4-8-13(15)14(12)17/h4,7-8,10-11,16-17H,2-3,5-6,9H2,1H3/t10-/m1/s1. The van der Waals surface area contributed by atoms with Crippen LogP contribution in [0.25, 0.3) is 0 Å². The van der Waals surface area contributed by atoms with Crippen LogP contribution in [0.1, 0.15) is 38.2 Å². The van der Waals surface area contributed by atoms with Crippen molar-refractivity contribution >= 4 is 15.9 Å². The summed E-state index contributed by atoms with van der Waals surface area (Å²) in [5.41, 5.74) is 0.962. The lowest BCUT2D eigenvalue weighted by molar-refractivity contribution is 0.376. The van der Waals surface area contributed by atoms with Gasteiger partial charge in [0.05, 0.1) is 4.47 Å². The van der Waals surface area contributed by atoms with Crippen LogP contribution in [0.2, 0.25) is 0 Å². The molecule has 3 heteroatoms. The zero-order chi connectivity index (χ0) is 12.3. The minimum Gasteiger partial charge on any atom is -0.506 e. The Balaban J connectivity index is 1.90. The lowest BCUT2D eigenvalue weighted by Crippen LogP contribution is -2.31. The van der Waals surface area contributed by atoms with E-state index in [2.05, 4.69) is 28.2 Å². The van der Waals surface area contributed by atoms with Crippen molar-refractivity contribution in [3.05, 3.63) is 28.2 Å². The van der Waals surface area contributed by atoms with Crippen molar-refractivity contribution < 1.29 is 5.11 Å². The molecule has 0 spiro atoms. The molecular weight excluding hydrogens is 278 g/mol. The van der Waals surface area contributed by atoms with Gasteiger partial charge in [-0.15, -0.1) is 0 Å². The van der Waals surface area contributed by atoms with Crippen LogP contribution in [0.5, 0.6) is 5.75 Å². The van der Waals surface area contributed by atoms with E-state index < -0.39 is 0 Å². The van der Waals surface area contributed by atoms with Gasteiger partial charge in [-0.05, 0) is 47.7 Å². The molecule has 94 valence electrons. The molecule has 1 atom stereocenters. The molecule has 0 radical (unpaired) electrons. The molecule has 1 aliphatic carbocycles. The third kappa shape index (κ3) is 3.23. The summed E-state index contributed by atoms with van der Waals surface area (Å²) in [7, 11) is 0. The van der Waals surface area contributed by atoms with Gasteiger partial charge in [-0.1, -0.05) is 25.0 Å². The summed E-state index contributed by atoms with van der Waals surface area (Å²) in [4.78, 5) is 0. The number of rotatable bonds is 4. The molecule has 1 saturated carbocycles. The molecule has 0 bridgehead atoms. The first-order valence-corrected chi connectivity index (χ1v) is 7.17. The molecule has 0 amide bonds. The lowest BCUT2D eigenvalue weighted by Gasteiger charge is -2.20. The van der Waals surface area contributed by atoms with Crippen LogP contribution < -0.4 is 5.32 Å². The fourth-order valence-electron chi connectivity index (χ4n) is 2.60. The second-order valence-corrected chi connectivity index (χ2v) is 5.82. The van der Waals surface area contributed by atoms with Crippen LogP contribution in [-0.2, 0) is 6.54 Å². The number of nitrogens with one attached hydrogen (secondary N) is 1. The number of hydrogen-bond donors (Lipinski definition) is 2. The molecule has 2 nitrogen and oxygen atoms in total. The topological polar surface area (TPSA) is 32.3 Å². The van der Waals surface area contributed by atoms with Gasteiger partial charge in [0.2, 0.25) is 0 Å². The first-order chi connectivity index (χ1) is 8.18. The van der Waals surface area contributed by atoms with E-state index in [4.69, 9.17) is 0 Å². The maximum absolute atomic E-state index is 9.89. The average molecular weight is 298 g/mol. The van der Waals surface area contributed by atoms with Crippen molar-refractivity contribution in [3.63, 3.8) is 0 Å². The zero-order valence-corrected chi connectivity index (χ0v) is 11.8. The first kappa shape index (κ1) is 12.9. The largest absolute Gasteiger partial charge is 0.506 e. The van der Waals surface area contributed by atoms with E-state index in [1.54, 1.807) is 0 Å². The second-order valence-electron chi connectivity index (χ2n) is 4.96. The summed E-state index contributed by atoms with van der Waals surface area (Å²) in [6.07, 6.45) is 5.44. The van der Waals surface area contributed by atoms with Gasteiger partial charge < -0.3 is 10.4 Å². The molecule has 0 heterocycles. The fourth-order valence-corrected chi connectivity index (χ4v) is 3.00. The zero-order valence-electron chi connectivity index (χ0n) is 10.2. The van der Waals surface area contributed by atoms with E-state index in [0.29, 0.717) is 11.8 Å². The quantitative estimate of drug-likeness (QED) is 0.885. The predicted molar refractivity (Wildman–Crippen MR) is 74.1 cm³/mol. The molecule has 0 aliphatic heterocycles. The Morgan fingerprint density at radius 3 is 2.82 bits per heavy atom. The van der Waals surface area contributed by atoms with Crippen LogP contribution in [0, 0.1) is 5.92 Å². The minimum atomic E-state index is 0.360. The van der Waals surface area contributed by atoms with E-state index in [1.165, 1.54) is 25.7 Å². The normalized spacial score (nSPS) is 18.5. The van der Waals surface area contributed by atoms with Crippen LogP contribution in [-0.4, -0.2) is 11.1 Å². The maximum atomic E-state index is 9.89. The highest BCUT2D eigenvalue weighted by molar-refractivity contribution is 9.10. The second kappa shape index (κ2) is 5.87. The summed E-state index contributed by atoms with van der Waals surface area (Å²) in [6.45, 7) is 2.99. The first-order valence-electron chi connectivity index (χ1n) is 6.38. The van der Waals surface area contributed by atoms with E-state index >= 15 is 0 Å². The molecule has 17 heavy (non-hydrogen) atoms. The Morgan fingerprint density at radius 1 is 1.41 bits per heavy atom. The van der Waals surface area contributed by atoms with Crippen molar-refractivity contribution in [1.29, 1.82) is 0 Å². The average Bonchev–Trinajstić information content (AvgIpc) is 2.84. The Kier molecular flexibility index (Phi) is 4.46. The van der Waals surface area contributed by atoms with Gasteiger partial charge in [0, 0.05) is 18.2 Å². The number of phenolic OH excluding ortho intramolecular Hbond substituents is 1. The third-order valence-corrected chi connectivity index (χ3v) is 4.43. The predicted octanol–water partition coefficient (Wildman–Crippen LogP) is 3.82. The van der Waals surface area contributed by atoms with Gasteiger partial charge in [-0.2, -0.15) is 0 Å². The van der Waals surface area contributed by atoms with E-state index in [9.17, 15) is 5.11 Å². The van der Waals surface area contributed by atoms with Crippen molar-refractivity contribution in [2.75, 3.05) is 0 Å². The van der Waals surface area contributed by atoms with E-state index in [0.717, 1.165) is 22.5 Å². The van der Waals surface area contributed by atoms with Crippen molar-refractivity contribution in [2.24, 2.45) is 5.92 Å². The van der Waals surface area contributed by atoms with Gasteiger partial charge in [0.1, 0.15) is 5.75 Å². The van der Waals surface area contributed by atoms with E-state index in [-0.39, 0.29) is 0 Å². The third-order valence-electron chi connectivity index (χ3n) is 3.79. The molecule has 1 fully saturated rings. The molecule has 2 N–H and O–H groups in total. The summed E-state index contributed by atoms with van der Waals surface area (Å²) >= 11 is 3.34. The molecule has 0 unspecified atom stereocenters. The Labute approximate surface area is 112 Å². The molecule has 0 aromatic heterocycles. The summed E-state index contributed by atoms with van der Waals surface area (Å²) in [5.74, 6) is 1.17. The van der Waals surface area contributed by atoms with Gasteiger partial charge in [-0.3, -0.25) is 0 Å². The van der Waals surface area contributed by atoms with Crippen LogP contribution in [0.15, 0.2) is 22.7 Å². The molecule has 1 aromatic rings. The lowest BCUT2D eigenvalue weighted by atomic mass is 9.99. The number of hydrogen-bond acceptors (Lipinski definition) is 2. The van der Waals surface area contributed by atoms with Gasteiger partial charge in [0.25, 0.3) is 0 Å². The molecule has 1 aromatic carbocycles. The number of phenols is 1. The monoisotopic (exact) mass is 297 g/mol. The number of para-hydroxylation sites is 1. The van der Waals surface area contributed by atoms with Gasteiger partial charge >= 0.3 is 0 Å². The van der Waals surface area contributed by atoms with Gasteiger partial charge in [0.15, 0.2) is 0 Å². The Hall–Kier alpha value is -0.540. The summed E-state index contributed by atoms with van der Waals surface area (Å²) < 4.78 is 0.769. The molecule has 0 saturated heterocycles. The fraction of sp³-hybridized carbons (Fsp3) is 0.571. The molecule has 1 aliphatic rings. The van der Waals surface area contributed by atoms with Crippen LogP contribution >= 0.6 is 15.9 Å². The van der Waals surface area contributed by atoms with Crippen LogP contribution in [0.3, 0.4) is 0 Å². The highest BCUT2D eigenvalue weighted by atomic mass is 79.9. The SMILES string of the molecule is C[C@@H](NCc1cccc(Br)c1O)C1CCCC1. The Bertz CT molecular complexity index is 374. The highest BCUT2D eigenvalue weighted by Gasteiger charge is 2.21. The molecular formula is C14H20BrNO. The van der Waals surface area contributed by atoms with Crippen molar-refractivity contribution in [3.8, 4) is 5.75 Å². The molecule has 2 rings (SSSR count). The number of aromatic hydroxyl groups is 1. The smallest absolute Gasteiger partial charge is 0.134 e. The number of halogens is 1. The van der Waals surface area contributed by atoms with Crippen LogP contribution in [0.4, 0.5) is 0 Å². The highest BCUT2D eigenvalue weighted by Crippen LogP contribution is 2.29. The van der Waals surface area contributed by atoms with Crippen molar-refractivity contribution in [1.82, 2.24) is 5.32 Å². The Morgan fingerprint density at radius 2 is 2.12 bits per heavy atom. The minimum absolute atomic E-state index is 0.360. The summed E-state index contributed by atoms with van der Waals surface area (Å²) in [6, 6.07) is 6.32. The summed E-state index contributed by atoms with van der Waals surface area (Å²) in [5, 5.41) is 13.4. The van der Waals surface area contributed by atoms with Crippen molar-refractivity contribution in [2.45, 2.75) is 45.2 Å². The maximum Gasteiger partial charge on any atom is 0.134 e.